The predicted molar refractivity (Wildman–Crippen MR) is 100 cm³/mol. The lowest BCUT2D eigenvalue weighted by molar-refractivity contribution is -0.100. The number of hydrogen-bond donors (Lipinski definition) is 1. The van der Waals surface area contributed by atoms with E-state index < -0.39 is 5.60 Å². The molecule has 2 heterocycles. The Labute approximate surface area is 159 Å². The second kappa shape index (κ2) is 7.08. The van der Waals surface area contributed by atoms with Crippen LogP contribution in [0, 0.1) is 12.8 Å². The van der Waals surface area contributed by atoms with Gasteiger partial charge in [-0.1, -0.05) is 17.7 Å². The van der Waals surface area contributed by atoms with E-state index in [2.05, 4.69) is 0 Å². The highest BCUT2D eigenvalue weighted by atomic mass is 35.5. The van der Waals surface area contributed by atoms with E-state index >= 15 is 0 Å². The average Bonchev–Trinajstić information content (AvgIpc) is 2.61. The second-order valence-electron chi connectivity index (χ2n) is 7.64. The molecule has 0 spiro atoms. The monoisotopic (exact) mass is 379 g/mol. The molecule has 3 rings (SSSR count). The van der Waals surface area contributed by atoms with Gasteiger partial charge < -0.3 is 19.8 Å². The van der Waals surface area contributed by atoms with Gasteiger partial charge in [0.2, 0.25) is 0 Å². The van der Waals surface area contributed by atoms with Crippen molar-refractivity contribution in [1.82, 2.24) is 14.7 Å². The first-order valence-electron chi connectivity index (χ1n) is 8.95. The number of hydrogen-bond acceptors (Lipinski definition) is 3. The van der Waals surface area contributed by atoms with Crippen molar-refractivity contribution >= 4 is 23.5 Å². The summed E-state index contributed by atoms with van der Waals surface area (Å²) in [6, 6.07) is 5.27. The van der Waals surface area contributed by atoms with E-state index in [0.29, 0.717) is 49.6 Å². The average molecular weight is 380 g/mol. The number of nitrogens with zero attached hydrogens (tertiary/aromatic N) is 3. The maximum absolute atomic E-state index is 12.9. The molecule has 2 fully saturated rings. The molecular weight excluding hydrogens is 354 g/mol. The van der Waals surface area contributed by atoms with Crippen LogP contribution in [0.3, 0.4) is 0 Å². The van der Waals surface area contributed by atoms with Gasteiger partial charge in [-0.25, -0.2) is 4.79 Å². The highest BCUT2D eigenvalue weighted by molar-refractivity contribution is 6.31. The molecule has 0 unspecified atom stereocenters. The van der Waals surface area contributed by atoms with E-state index in [0.717, 1.165) is 5.56 Å². The molecule has 1 N–H and O–H groups in total. The Balaban J connectivity index is 1.74. The highest BCUT2D eigenvalue weighted by Crippen LogP contribution is 2.36. The van der Waals surface area contributed by atoms with Crippen LogP contribution in [0.15, 0.2) is 18.2 Å². The van der Waals surface area contributed by atoms with Crippen LogP contribution >= 0.6 is 11.6 Å². The number of urea groups is 1. The Kier molecular flexibility index (Phi) is 5.17. The Morgan fingerprint density at radius 2 is 1.81 bits per heavy atom. The zero-order valence-corrected chi connectivity index (χ0v) is 16.3. The molecule has 2 aliphatic heterocycles. The summed E-state index contributed by atoms with van der Waals surface area (Å²) in [4.78, 5) is 30.2. The molecular formula is C19H26ClN3O3. The van der Waals surface area contributed by atoms with Crippen molar-refractivity contribution in [2.24, 2.45) is 5.92 Å². The minimum absolute atomic E-state index is 0.0548. The Morgan fingerprint density at radius 1 is 1.19 bits per heavy atom. The largest absolute Gasteiger partial charge is 0.389 e. The van der Waals surface area contributed by atoms with Gasteiger partial charge in [0, 0.05) is 56.8 Å². The minimum Gasteiger partial charge on any atom is -0.389 e. The van der Waals surface area contributed by atoms with Crippen LogP contribution in [-0.4, -0.2) is 77.6 Å². The fourth-order valence-electron chi connectivity index (χ4n) is 3.85. The summed E-state index contributed by atoms with van der Waals surface area (Å²) in [5, 5.41) is 11.5. The number of carbonyl (C=O) groups is 2. The van der Waals surface area contributed by atoms with Crippen molar-refractivity contribution < 1.29 is 14.7 Å². The van der Waals surface area contributed by atoms with E-state index in [4.69, 9.17) is 11.6 Å². The third-order valence-electron chi connectivity index (χ3n) is 5.63. The predicted octanol–water partition coefficient (Wildman–Crippen LogP) is 2.23. The van der Waals surface area contributed by atoms with E-state index in [9.17, 15) is 14.7 Å². The number of rotatable bonds is 1. The summed E-state index contributed by atoms with van der Waals surface area (Å²) in [6.07, 6.45) is 1.09. The van der Waals surface area contributed by atoms with Gasteiger partial charge in [0.25, 0.3) is 5.91 Å². The van der Waals surface area contributed by atoms with Crippen LogP contribution < -0.4 is 0 Å². The minimum atomic E-state index is -0.801. The molecule has 26 heavy (non-hydrogen) atoms. The summed E-state index contributed by atoms with van der Waals surface area (Å²) in [6.45, 7) is 3.87. The number of benzene rings is 1. The van der Waals surface area contributed by atoms with Gasteiger partial charge in [-0.05, 0) is 37.5 Å². The SMILES string of the molecule is Cc1ccc(C(=O)N2CC[C@@]3(O)CCN(C(=O)N(C)C)C[C@H]3C2)cc1Cl. The van der Waals surface area contributed by atoms with Crippen LogP contribution in [0.25, 0.3) is 0 Å². The lowest BCUT2D eigenvalue weighted by Gasteiger charge is -2.50. The Hall–Kier alpha value is -1.79. The van der Waals surface area contributed by atoms with Crippen molar-refractivity contribution in [2.45, 2.75) is 25.4 Å². The molecule has 6 nitrogen and oxygen atoms in total. The second-order valence-corrected chi connectivity index (χ2v) is 8.05. The van der Waals surface area contributed by atoms with Crippen molar-refractivity contribution in [3.05, 3.63) is 34.3 Å². The van der Waals surface area contributed by atoms with Crippen LogP contribution in [0.4, 0.5) is 4.79 Å². The summed E-state index contributed by atoms with van der Waals surface area (Å²) < 4.78 is 0. The topological polar surface area (TPSA) is 64.1 Å². The van der Waals surface area contributed by atoms with Crippen molar-refractivity contribution in [1.29, 1.82) is 0 Å². The quantitative estimate of drug-likeness (QED) is 0.813. The maximum Gasteiger partial charge on any atom is 0.319 e. The molecule has 2 atom stereocenters. The van der Waals surface area contributed by atoms with Crippen molar-refractivity contribution in [2.75, 3.05) is 40.3 Å². The van der Waals surface area contributed by atoms with Crippen LogP contribution in [0.2, 0.25) is 5.02 Å². The Morgan fingerprint density at radius 3 is 2.42 bits per heavy atom. The molecule has 0 aromatic heterocycles. The summed E-state index contributed by atoms with van der Waals surface area (Å²) in [7, 11) is 3.45. The molecule has 3 amide bonds. The van der Waals surface area contributed by atoms with Gasteiger partial charge in [-0.15, -0.1) is 0 Å². The van der Waals surface area contributed by atoms with Gasteiger partial charge in [-0.2, -0.15) is 0 Å². The number of piperidine rings is 2. The summed E-state index contributed by atoms with van der Waals surface area (Å²) in [5.74, 6) is -0.219. The van der Waals surface area contributed by atoms with Crippen molar-refractivity contribution in [3.63, 3.8) is 0 Å². The van der Waals surface area contributed by atoms with E-state index in [1.54, 1.807) is 40.9 Å². The van der Waals surface area contributed by atoms with Gasteiger partial charge in [0.1, 0.15) is 0 Å². The molecule has 2 aliphatic rings. The molecule has 1 aromatic carbocycles. The van der Waals surface area contributed by atoms with Gasteiger partial charge in [-0.3, -0.25) is 4.79 Å². The zero-order chi connectivity index (χ0) is 19.1. The first-order valence-corrected chi connectivity index (χ1v) is 9.33. The highest BCUT2D eigenvalue weighted by Gasteiger charge is 2.47. The number of aryl methyl sites for hydroxylation is 1. The lowest BCUT2D eigenvalue weighted by atomic mass is 9.75. The third kappa shape index (κ3) is 3.53. The van der Waals surface area contributed by atoms with Crippen LogP contribution in [0.5, 0.6) is 0 Å². The molecule has 142 valence electrons. The molecule has 0 saturated carbocycles. The number of fused-ring (bicyclic) bond motifs is 1. The standard InChI is InChI=1S/C19H26ClN3O3/c1-13-4-5-14(10-16(13)20)17(24)22-8-6-19(26)7-9-23(12-15(19)11-22)18(25)21(2)3/h4-5,10,15,26H,6-9,11-12H2,1-3H3/t15-,19-/m1/s1. The molecule has 2 saturated heterocycles. The summed E-state index contributed by atoms with van der Waals surface area (Å²) in [5.41, 5.74) is 0.689. The third-order valence-corrected chi connectivity index (χ3v) is 6.04. The van der Waals surface area contributed by atoms with Gasteiger partial charge >= 0.3 is 6.03 Å². The number of likely N-dealkylation sites (tertiary alicyclic amines) is 2. The van der Waals surface area contributed by atoms with E-state index in [-0.39, 0.29) is 17.9 Å². The van der Waals surface area contributed by atoms with E-state index in [1.807, 2.05) is 13.0 Å². The first kappa shape index (κ1) is 19.0. The van der Waals surface area contributed by atoms with Crippen molar-refractivity contribution in [3.8, 4) is 0 Å². The smallest absolute Gasteiger partial charge is 0.319 e. The fraction of sp³-hybridized carbons (Fsp3) is 0.579. The number of amides is 3. The number of halogens is 1. The van der Waals surface area contributed by atoms with Crippen LogP contribution in [-0.2, 0) is 0 Å². The molecule has 0 bridgehead atoms. The normalized spacial score (nSPS) is 25.7. The lowest BCUT2D eigenvalue weighted by Crippen LogP contribution is -2.62. The fourth-order valence-corrected chi connectivity index (χ4v) is 4.03. The van der Waals surface area contributed by atoms with Gasteiger partial charge in [0.05, 0.1) is 5.60 Å². The van der Waals surface area contributed by atoms with E-state index in [1.165, 1.54) is 0 Å². The molecule has 0 radical (unpaired) electrons. The first-order chi connectivity index (χ1) is 12.2. The molecule has 0 aliphatic carbocycles. The van der Waals surface area contributed by atoms with Gasteiger partial charge in [0.15, 0.2) is 0 Å². The molecule has 7 heteroatoms. The Bertz CT molecular complexity index is 724. The molecule has 1 aromatic rings. The number of carbonyl (C=O) groups excluding carboxylic acids is 2. The summed E-state index contributed by atoms with van der Waals surface area (Å²) >= 11 is 6.15. The zero-order valence-electron chi connectivity index (χ0n) is 15.5. The number of aliphatic hydroxyl groups is 1. The van der Waals surface area contributed by atoms with Crippen LogP contribution in [0.1, 0.15) is 28.8 Å². The maximum atomic E-state index is 12.9.